The maximum absolute atomic E-state index is 12.7. The van der Waals surface area contributed by atoms with Crippen molar-refractivity contribution in [1.29, 1.82) is 0 Å². The van der Waals surface area contributed by atoms with Gasteiger partial charge in [-0.25, -0.2) is 9.78 Å². The molecule has 2 rings (SSSR count). The van der Waals surface area contributed by atoms with Crippen LogP contribution in [0.1, 0.15) is 38.5 Å². The summed E-state index contributed by atoms with van der Waals surface area (Å²) < 4.78 is 39.0. The minimum absolute atomic E-state index is 0.146. The second kappa shape index (κ2) is 4.05. The van der Waals surface area contributed by atoms with Crippen molar-refractivity contribution in [3.63, 3.8) is 0 Å². The molecule has 0 aliphatic rings. The molecule has 1 N–H and O–H groups in total. The molecule has 0 aromatic carbocycles. The predicted octanol–water partition coefficient (Wildman–Crippen LogP) is 2.62. The van der Waals surface area contributed by atoms with Crippen LogP contribution in [0, 0.1) is 6.92 Å². The molecule has 0 saturated heterocycles. The number of carbonyl (C=O) groups is 2. The van der Waals surface area contributed by atoms with Gasteiger partial charge >= 0.3 is 12.1 Å². The van der Waals surface area contributed by atoms with Crippen molar-refractivity contribution in [2.24, 2.45) is 0 Å². The number of imidazole rings is 1. The highest BCUT2D eigenvalue weighted by Gasteiger charge is 2.41. The molecule has 0 spiro atoms. The first kappa shape index (κ1) is 13.5. The van der Waals surface area contributed by atoms with Gasteiger partial charge in [-0.15, -0.1) is 0 Å². The summed E-state index contributed by atoms with van der Waals surface area (Å²) in [5.41, 5.74) is -2.28. The third-order valence-electron chi connectivity index (χ3n) is 2.49. The number of rotatable bonds is 2. The van der Waals surface area contributed by atoms with Gasteiger partial charge in [0.05, 0.1) is 4.88 Å². The number of nitrogens with zero attached hydrogens (tertiary/aromatic N) is 2. The zero-order valence-corrected chi connectivity index (χ0v) is 10.5. The van der Waals surface area contributed by atoms with Crippen molar-refractivity contribution in [2.45, 2.75) is 20.0 Å². The molecule has 0 atom stereocenters. The molecule has 19 heavy (non-hydrogen) atoms. The molecule has 0 radical (unpaired) electrons. The third kappa shape index (κ3) is 1.99. The number of carbonyl (C=O) groups excluding carboxylic acids is 1. The summed E-state index contributed by atoms with van der Waals surface area (Å²) >= 11 is 0.739. The van der Waals surface area contributed by atoms with Crippen LogP contribution in [-0.4, -0.2) is 26.2 Å². The minimum atomic E-state index is -4.86. The summed E-state index contributed by atoms with van der Waals surface area (Å²) in [7, 11) is 0. The number of thiazole rings is 1. The lowest BCUT2D eigenvalue weighted by molar-refractivity contribution is -0.141. The summed E-state index contributed by atoms with van der Waals surface area (Å²) in [5.74, 6) is -2.09. The van der Waals surface area contributed by atoms with Crippen LogP contribution in [0.25, 0.3) is 4.96 Å². The molecule has 102 valence electrons. The summed E-state index contributed by atoms with van der Waals surface area (Å²) in [6, 6.07) is 0. The van der Waals surface area contributed by atoms with Crippen LogP contribution >= 0.6 is 11.3 Å². The van der Waals surface area contributed by atoms with Crippen LogP contribution < -0.4 is 0 Å². The van der Waals surface area contributed by atoms with Crippen molar-refractivity contribution in [2.75, 3.05) is 0 Å². The SMILES string of the molecule is CC(=O)c1sc2nc(C(F)(F)F)c(C(=O)O)n2c1C. The molecular formula is C10H7F3N2O3S. The van der Waals surface area contributed by atoms with Gasteiger partial charge in [0.15, 0.2) is 22.1 Å². The number of carboxylic acids is 1. The fraction of sp³-hybridized carbons (Fsp3) is 0.300. The number of aromatic nitrogens is 2. The second-order valence-corrected chi connectivity index (χ2v) is 4.78. The van der Waals surface area contributed by atoms with E-state index in [1.165, 1.54) is 13.8 Å². The largest absolute Gasteiger partial charge is 0.476 e. The summed E-state index contributed by atoms with van der Waals surface area (Å²) in [4.78, 5) is 25.7. The molecule has 9 heteroatoms. The van der Waals surface area contributed by atoms with Gasteiger partial charge in [-0.3, -0.25) is 9.20 Å². The van der Waals surface area contributed by atoms with E-state index in [1.54, 1.807) is 0 Å². The quantitative estimate of drug-likeness (QED) is 0.864. The molecule has 0 unspecified atom stereocenters. The molecule has 5 nitrogen and oxygen atoms in total. The first-order valence-corrected chi connectivity index (χ1v) is 5.79. The third-order valence-corrected chi connectivity index (χ3v) is 3.74. The zero-order valence-electron chi connectivity index (χ0n) is 9.70. The highest BCUT2D eigenvalue weighted by Crippen LogP contribution is 2.35. The molecule has 0 amide bonds. The Balaban J connectivity index is 2.88. The number of aromatic carboxylic acids is 1. The summed E-state index contributed by atoms with van der Waals surface area (Å²) in [6.07, 6.45) is -4.86. The van der Waals surface area contributed by atoms with E-state index < -0.39 is 23.5 Å². The standard InChI is InChI=1S/C10H7F3N2O3S/c1-3-6(4(2)16)19-9-14-7(10(11,12)13)5(8(17)18)15(3)9/h1-2H3,(H,17,18). The van der Waals surface area contributed by atoms with E-state index in [9.17, 15) is 22.8 Å². The van der Waals surface area contributed by atoms with Crippen LogP contribution in [0.5, 0.6) is 0 Å². The monoisotopic (exact) mass is 292 g/mol. The topological polar surface area (TPSA) is 71.7 Å². The maximum Gasteiger partial charge on any atom is 0.435 e. The smallest absolute Gasteiger partial charge is 0.435 e. The Morgan fingerprint density at radius 1 is 1.37 bits per heavy atom. The van der Waals surface area contributed by atoms with Crippen LogP contribution in [-0.2, 0) is 6.18 Å². The molecule has 0 aliphatic carbocycles. The second-order valence-electron chi connectivity index (χ2n) is 3.80. The minimum Gasteiger partial charge on any atom is -0.476 e. The van der Waals surface area contributed by atoms with Gasteiger partial charge in [0.2, 0.25) is 0 Å². The highest BCUT2D eigenvalue weighted by molar-refractivity contribution is 7.19. The molecule has 0 aliphatic heterocycles. The van der Waals surface area contributed by atoms with Gasteiger partial charge in [0.25, 0.3) is 0 Å². The van der Waals surface area contributed by atoms with E-state index >= 15 is 0 Å². The van der Waals surface area contributed by atoms with Crippen molar-refractivity contribution < 1.29 is 27.9 Å². The zero-order chi connectivity index (χ0) is 14.5. The van der Waals surface area contributed by atoms with Gasteiger partial charge in [-0.05, 0) is 6.92 Å². The van der Waals surface area contributed by atoms with Crippen molar-refractivity contribution in [3.8, 4) is 0 Å². The van der Waals surface area contributed by atoms with E-state index in [4.69, 9.17) is 5.11 Å². The van der Waals surface area contributed by atoms with Gasteiger partial charge in [-0.1, -0.05) is 11.3 Å². The van der Waals surface area contributed by atoms with E-state index in [0.717, 1.165) is 15.7 Å². The number of alkyl halides is 3. The van der Waals surface area contributed by atoms with Crippen molar-refractivity contribution in [1.82, 2.24) is 9.38 Å². The molecule has 0 saturated carbocycles. The Bertz CT molecular complexity index is 699. The van der Waals surface area contributed by atoms with Gasteiger partial charge < -0.3 is 5.11 Å². The molecule has 2 aromatic heterocycles. The van der Waals surface area contributed by atoms with E-state index in [0.29, 0.717) is 0 Å². The number of fused-ring (bicyclic) bond motifs is 1. The fourth-order valence-electron chi connectivity index (χ4n) is 1.77. The lowest BCUT2D eigenvalue weighted by atomic mass is 10.2. The van der Waals surface area contributed by atoms with Crippen LogP contribution in [0.2, 0.25) is 0 Å². The van der Waals surface area contributed by atoms with E-state index in [-0.39, 0.29) is 21.3 Å². The summed E-state index contributed by atoms with van der Waals surface area (Å²) in [5, 5.41) is 8.95. The molecule has 0 fully saturated rings. The average molecular weight is 292 g/mol. The van der Waals surface area contributed by atoms with Crippen LogP contribution in [0.15, 0.2) is 0 Å². The first-order chi connectivity index (χ1) is 8.64. The van der Waals surface area contributed by atoms with Crippen LogP contribution in [0.4, 0.5) is 13.2 Å². The van der Waals surface area contributed by atoms with Crippen molar-refractivity contribution >= 4 is 28.1 Å². The Hall–Kier alpha value is -1.90. The lowest BCUT2D eigenvalue weighted by Crippen LogP contribution is -2.14. The number of ketones is 1. The van der Waals surface area contributed by atoms with Gasteiger partial charge in [-0.2, -0.15) is 13.2 Å². The maximum atomic E-state index is 12.7. The van der Waals surface area contributed by atoms with E-state index in [1.807, 2.05) is 0 Å². The van der Waals surface area contributed by atoms with Gasteiger partial charge in [0.1, 0.15) is 0 Å². The number of halogens is 3. The van der Waals surface area contributed by atoms with Crippen LogP contribution in [0.3, 0.4) is 0 Å². The van der Waals surface area contributed by atoms with Crippen molar-refractivity contribution in [3.05, 3.63) is 22.0 Å². The molecule has 2 heterocycles. The predicted molar refractivity (Wildman–Crippen MR) is 59.8 cm³/mol. The number of aryl methyl sites for hydroxylation is 1. The normalized spacial score (nSPS) is 12.1. The van der Waals surface area contributed by atoms with Gasteiger partial charge in [0, 0.05) is 12.6 Å². The average Bonchev–Trinajstić information content (AvgIpc) is 2.74. The first-order valence-electron chi connectivity index (χ1n) is 4.98. The lowest BCUT2D eigenvalue weighted by Gasteiger charge is -2.04. The number of hydrogen-bond donors (Lipinski definition) is 1. The molecule has 2 aromatic rings. The Morgan fingerprint density at radius 3 is 2.37 bits per heavy atom. The summed E-state index contributed by atoms with van der Waals surface area (Å²) in [6.45, 7) is 2.64. The Labute approximate surface area is 108 Å². The molecule has 0 bridgehead atoms. The number of Topliss-reactive ketones (excluding diaryl/α,β-unsaturated/α-hetero) is 1. The highest BCUT2D eigenvalue weighted by atomic mass is 32.1. The Kier molecular flexibility index (Phi) is 2.89. The van der Waals surface area contributed by atoms with E-state index in [2.05, 4.69) is 4.98 Å². The Morgan fingerprint density at radius 2 is 1.95 bits per heavy atom. The number of hydrogen-bond acceptors (Lipinski definition) is 4. The molecular weight excluding hydrogens is 285 g/mol. The number of carboxylic acid groups (broad SMARTS) is 1. The fourth-order valence-corrected chi connectivity index (χ4v) is 2.79.